The summed E-state index contributed by atoms with van der Waals surface area (Å²) in [5.74, 6) is -6.29. The molecular weight excluding hydrogens is 685 g/mol. The molecule has 0 bridgehead atoms. The first-order valence-electron chi connectivity index (χ1n) is 17.1. The van der Waals surface area contributed by atoms with Crippen molar-refractivity contribution >= 4 is 52.4 Å². The van der Waals surface area contributed by atoms with Crippen LogP contribution in [0.5, 0.6) is 5.75 Å². The van der Waals surface area contributed by atoms with E-state index in [4.69, 9.17) is 11.6 Å². The highest BCUT2D eigenvalue weighted by molar-refractivity contribution is 6.30. The second-order valence-corrected chi connectivity index (χ2v) is 14.5. The molecule has 9 nitrogen and oxygen atoms in total. The van der Waals surface area contributed by atoms with Gasteiger partial charge >= 0.3 is 0 Å². The number of benzene rings is 4. The number of hydrazine groups is 1. The first kappa shape index (κ1) is 33.5. The number of imide groups is 2. The molecule has 1 saturated carbocycles. The number of allylic oxidation sites excluding steroid dienone is 2. The molecule has 4 amide bonds. The number of rotatable bonds is 6. The minimum atomic E-state index is -1.53. The minimum absolute atomic E-state index is 0.0577. The number of fused-ring (bicyclic) bond motifs is 4. The normalized spacial score (nSPS) is 26.5. The molecule has 11 heteroatoms. The van der Waals surface area contributed by atoms with Gasteiger partial charge in [0.25, 0.3) is 11.8 Å². The predicted octanol–water partition coefficient (Wildman–Crippen LogP) is 6.89. The number of hydrogen-bond acceptors (Lipinski definition) is 7. The molecule has 2 aliphatic heterocycles. The molecule has 3 fully saturated rings. The van der Waals surface area contributed by atoms with Crippen LogP contribution in [0.2, 0.25) is 5.02 Å². The van der Waals surface area contributed by atoms with Gasteiger partial charge in [-0.2, -0.15) is 5.01 Å². The van der Waals surface area contributed by atoms with E-state index in [1.165, 1.54) is 36.1 Å². The molecule has 0 spiro atoms. The van der Waals surface area contributed by atoms with Crippen LogP contribution in [0.1, 0.15) is 52.7 Å². The zero-order valence-corrected chi connectivity index (χ0v) is 28.9. The van der Waals surface area contributed by atoms with Gasteiger partial charge in [0, 0.05) is 16.5 Å². The largest absolute Gasteiger partial charge is 0.508 e. The zero-order valence-electron chi connectivity index (χ0n) is 28.2. The van der Waals surface area contributed by atoms with E-state index in [0.29, 0.717) is 38.7 Å². The second-order valence-electron chi connectivity index (χ2n) is 14.0. The summed E-state index contributed by atoms with van der Waals surface area (Å²) >= 11 is 6.35. The SMILES string of the molecule is CC(=O)c1ccc(N2C(=O)C3CC=C4C(CC5C(=O)N(Nc6ccc(F)cc6)C(=O)C5(c5ccc(Cl)cc5)C4c4ccc(O)c(C)c4)C3C2=O)cc1. The molecule has 52 heavy (non-hydrogen) atoms. The average Bonchev–Trinajstić information content (AvgIpc) is 3.51. The summed E-state index contributed by atoms with van der Waals surface area (Å²) in [6.07, 6.45) is 2.27. The summed E-state index contributed by atoms with van der Waals surface area (Å²) in [6, 6.07) is 23.5. The molecule has 0 radical (unpaired) electrons. The molecule has 8 rings (SSSR count). The molecule has 2 saturated heterocycles. The van der Waals surface area contributed by atoms with E-state index >= 15 is 4.79 Å². The van der Waals surface area contributed by atoms with Crippen LogP contribution < -0.4 is 10.3 Å². The Kier molecular flexibility index (Phi) is 7.91. The van der Waals surface area contributed by atoms with Gasteiger partial charge in [-0.25, -0.2) is 4.39 Å². The van der Waals surface area contributed by atoms with Crippen molar-refractivity contribution in [1.82, 2.24) is 5.01 Å². The Morgan fingerprint density at radius 1 is 0.885 bits per heavy atom. The Morgan fingerprint density at radius 3 is 2.23 bits per heavy atom. The van der Waals surface area contributed by atoms with Crippen molar-refractivity contribution in [2.24, 2.45) is 23.7 Å². The Hall–Kier alpha value is -5.61. The highest BCUT2D eigenvalue weighted by Crippen LogP contribution is 2.64. The van der Waals surface area contributed by atoms with Crippen LogP contribution >= 0.6 is 11.6 Å². The van der Waals surface area contributed by atoms with Gasteiger partial charge in [0.2, 0.25) is 11.8 Å². The zero-order chi connectivity index (χ0) is 36.6. The number of aromatic hydroxyl groups is 1. The van der Waals surface area contributed by atoms with Crippen molar-refractivity contribution in [3.63, 3.8) is 0 Å². The third-order valence-corrected chi connectivity index (χ3v) is 11.6. The maximum absolute atomic E-state index is 15.2. The van der Waals surface area contributed by atoms with Gasteiger partial charge in [-0.1, -0.05) is 47.5 Å². The Morgan fingerprint density at radius 2 is 1.58 bits per heavy atom. The Labute approximate surface area is 303 Å². The van der Waals surface area contributed by atoms with Crippen LogP contribution in [0, 0.1) is 36.4 Å². The molecule has 4 aromatic carbocycles. The molecule has 262 valence electrons. The standard InChI is InChI=1S/C41H33ClFN3O6/c1-21-19-24(5-18-34(21)48)36-30-16-17-31-35(39(51)45(37(31)49)29-14-3-23(4-15-29)22(2)47)32(30)20-33-38(50)46(44-28-12-10-27(43)11-13-28)40(52)41(33,36)25-6-8-26(42)9-7-25/h3-16,18-19,31-33,35-36,44,48H,17,20H2,1-2H3. The average molecular weight is 718 g/mol. The van der Waals surface area contributed by atoms with E-state index in [1.807, 2.05) is 6.08 Å². The van der Waals surface area contributed by atoms with Crippen LogP contribution in [-0.2, 0) is 24.6 Å². The molecule has 2 aliphatic carbocycles. The van der Waals surface area contributed by atoms with Crippen LogP contribution in [0.3, 0.4) is 0 Å². The smallest absolute Gasteiger partial charge is 0.260 e. The topological polar surface area (TPSA) is 124 Å². The fourth-order valence-corrected chi connectivity index (χ4v) is 9.11. The second kappa shape index (κ2) is 12.3. The fraction of sp³-hybridized carbons (Fsp3) is 0.244. The maximum atomic E-state index is 15.2. The quantitative estimate of drug-likeness (QED) is 0.127. The number of phenolic OH excluding ortho intramolecular Hbond substituents is 1. The number of aryl methyl sites for hydroxylation is 1. The van der Waals surface area contributed by atoms with Gasteiger partial charge < -0.3 is 5.11 Å². The number of carbonyl (C=O) groups excluding carboxylic acids is 5. The molecule has 4 aliphatic rings. The van der Waals surface area contributed by atoms with E-state index in [-0.39, 0.29) is 30.3 Å². The Bertz CT molecular complexity index is 2220. The first-order chi connectivity index (χ1) is 24.9. The minimum Gasteiger partial charge on any atom is -0.508 e. The van der Waals surface area contributed by atoms with Crippen LogP contribution in [0.15, 0.2) is 103 Å². The number of anilines is 2. The van der Waals surface area contributed by atoms with Crippen molar-refractivity contribution in [1.29, 1.82) is 0 Å². The highest BCUT2D eigenvalue weighted by Gasteiger charge is 2.70. The monoisotopic (exact) mass is 717 g/mol. The van der Waals surface area contributed by atoms with Crippen molar-refractivity contribution in [3.05, 3.63) is 136 Å². The fourth-order valence-electron chi connectivity index (χ4n) is 8.99. The van der Waals surface area contributed by atoms with Gasteiger partial charge in [0.1, 0.15) is 11.6 Å². The molecule has 6 atom stereocenters. The highest BCUT2D eigenvalue weighted by atomic mass is 35.5. The lowest BCUT2D eigenvalue weighted by molar-refractivity contribution is -0.138. The molecule has 2 heterocycles. The summed E-state index contributed by atoms with van der Waals surface area (Å²) in [5, 5.41) is 12.0. The predicted molar refractivity (Wildman–Crippen MR) is 191 cm³/mol. The van der Waals surface area contributed by atoms with Crippen LogP contribution in [0.4, 0.5) is 15.8 Å². The lowest BCUT2D eigenvalue weighted by Crippen LogP contribution is -2.53. The summed E-state index contributed by atoms with van der Waals surface area (Å²) in [6.45, 7) is 3.18. The van der Waals surface area contributed by atoms with Crippen molar-refractivity contribution in [3.8, 4) is 5.75 Å². The van der Waals surface area contributed by atoms with Crippen LogP contribution in [0.25, 0.3) is 0 Å². The number of Topliss-reactive ketones (excluding diaryl/α,β-unsaturated/α-hetero) is 1. The van der Waals surface area contributed by atoms with Crippen LogP contribution in [-0.4, -0.2) is 39.5 Å². The third kappa shape index (κ3) is 4.92. The van der Waals surface area contributed by atoms with Gasteiger partial charge in [0.15, 0.2) is 5.78 Å². The van der Waals surface area contributed by atoms with Gasteiger partial charge in [0.05, 0.1) is 34.5 Å². The lowest BCUT2D eigenvalue weighted by Gasteiger charge is -2.50. The number of halogens is 2. The van der Waals surface area contributed by atoms with Crippen molar-refractivity contribution < 1.29 is 33.5 Å². The Balaban J connectivity index is 1.30. The number of nitrogens with one attached hydrogen (secondary N) is 1. The van der Waals surface area contributed by atoms with E-state index in [0.717, 1.165) is 10.6 Å². The number of amides is 4. The van der Waals surface area contributed by atoms with Gasteiger partial charge in [-0.15, -0.1) is 0 Å². The summed E-state index contributed by atoms with van der Waals surface area (Å²) in [7, 11) is 0. The van der Waals surface area contributed by atoms with Crippen molar-refractivity contribution in [2.75, 3.05) is 10.3 Å². The molecule has 0 aromatic heterocycles. The van der Waals surface area contributed by atoms with E-state index in [2.05, 4.69) is 5.43 Å². The number of nitrogens with zero attached hydrogens (tertiary/aromatic N) is 2. The number of phenols is 1. The maximum Gasteiger partial charge on any atom is 0.260 e. The van der Waals surface area contributed by atoms with E-state index in [1.54, 1.807) is 73.7 Å². The first-order valence-corrected chi connectivity index (χ1v) is 17.4. The molecule has 6 unspecified atom stereocenters. The lowest BCUT2D eigenvalue weighted by atomic mass is 9.49. The number of hydrogen-bond donors (Lipinski definition) is 2. The molecule has 4 aromatic rings. The van der Waals surface area contributed by atoms with Gasteiger partial charge in [-0.05, 0) is 116 Å². The number of carbonyl (C=O) groups is 5. The number of ketones is 1. The summed E-state index contributed by atoms with van der Waals surface area (Å²) in [4.78, 5) is 71.6. The third-order valence-electron chi connectivity index (χ3n) is 11.3. The molecular formula is C41H33ClFN3O6. The summed E-state index contributed by atoms with van der Waals surface area (Å²) in [5.41, 5.74) is 5.06. The van der Waals surface area contributed by atoms with Gasteiger partial charge in [-0.3, -0.25) is 34.3 Å². The van der Waals surface area contributed by atoms with E-state index < -0.39 is 58.5 Å². The summed E-state index contributed by atoms with van der Waals surface area (Å²) < 4.78 is 13.9. The van der Waals surface area contributed by atoms with Crippen molar-refractivity contribution in [2.45, 2.75) is 38.0 Å². The van der Waals surface area contributed by atoms with E-state index in [9.17, 15) is 28.7 Å². The molecule has 2 N–H and O–H groups in total.